The van der Waals surface area contributed by atoms with Gasteiger partial charge in [-0.15, -0.1) is 0 Å². The fourth-order valence-corrected chi connectivity index (χ4v) is 2.20. The zero-order valence-corrected chi connectivity index (χ0v) is 12.7. The van der Waals surface area contributed by atoms with Crippen LogP contribution < -0.4 is 0 Å². The lowest BCUT2D eigenvalue weighted by Crippen LogP contribution is -2.34. The lowest BCUT2D eigenvalue weighted by atomic mass is 10.2. The van der Waals surface area contributed by atoms with E-state index in [1.165, 1.54) is 0 Å². The molecular formula is C13H17BrClNO2. The van der Waals surface area contributed by atoms with Gasteiger partial charge in [-0.3, -0.25) is 4.79 Å². The zero-order valence-electron chi connectivity index (χ0n) is 10.3. The van der Waals surface area contributed by atoms with Gasteiger partial charge in [-0.25, -0.2) is 0 Å². The van der Waals surface area contributed by atoms with Crippen molar-refractivity contribution >= 4 is 33.4 Å². The van der Waals surface area contributed by atoms with Gasteiger partial charge in [0, 0.05) is 17.6 Å². The van der Waals surface area contributed by atoms with Crippen molar-refractivity contribution in [2.24, 2.45) is 0 Å². The number of carbonyl (C=O) groups excluding carboxylic acids is 1. The SMILES string of the molecule is CCCCN(CCO)C(=O)c1cccc(Br)c1Cl. The Morgan fingerprint density at radius 2 is 2.17 bits per heavy atom. The van der Waals surface area contributed by atoms with Crippen molar-refractivity contribution in [1.29, 1.82) is 0 Å². The molecule has 0 heterocycles. The second-order valence-electron chi connectivity index (χ2n) is 3.97. The minimum Gasteiger partial charge on any atom is -0.395 e. The van der Waals surface area contributed by atoms with Crippen LogP contribution in [0.3, 0.4) is 0 Å². The van der Waals surface area contributed by atoms with Crippen molar-refractivity contribution in [3.63, 3.8) is 0 Å². The second kappa shape index (κ2) is 7.77. The van der Waals surface area contributed by atoms with Crippen molar-refractivity contribution in [3.05, 3.63) is 33.3 Å². The number of rotatable bonds is 6. The summed E-state index contributed by atoms with van der Waals surface area (Å²) in [7, 11) is 0. The minimum atomic E-state index is -0.135. The van der Waals surface area contributed by atoms with E-state index in [0.717, 1.165) is 12.8 Å². The Kier molecular flexibility index (Phi) is 6.68. The van der Waals surface area contributed by atoms with E-state index in [0.29, 0.717) is 28.1 Å². The van der Waals surface area contributed by atoms with Crippen LogP contribution >= 0.6 is 27.5 Å². The third-order valence-electron chi connectivity index (χ3n) is 2.62. The fourth-order valence-electron chi connectivity index (χ4n) is 1.62. The Bertz CT molecular complexity index is 412. The summed E-state index contributed by atoms with van der Waals surface area (Å²) in [6.07, 6.45) is 1.92. The van der Waals surface area contributed by atoms with Gasteiger partial charge in [0.1, 0.15) is 0 Å². The average Bonchev–Trinajstić information content (AvgIpc) is 2.37. The fraction of sp³-hybridized carbons (Fsp3) is 0.462. The Labute approximate surface area is 121 Å². The molecule has 18 heavy (non-hydrogen) atoms. The van der Waals surface area contributed by atoms with E-state index in [2.05, 4.69) is 22.9 Å². The maximum absolute atomic E-state index is 12.3. The highest BCUT2D eigenvalue weighted by Crippen LogP contribution is 2.27. The van der Waals surface area contributed by atoms with Crippen LogP contribution in [0, 0.1) is 0 Å². The van der Waals surface area contributed by atoms with E-state index in [4.69, 9.17) is 16.7 Å². The van der Waals surface area contributed by atoms with Gasteiger partial charge in [-0.05, 0) is 34.5 Å². The number of carbonyl (C=O) groups is 1. The molecule has 0 bridgehead atoms. The third kappa shape index (κ3) is 3.97. The van der Waals surface area contributed by atoms with Crippen molar-refractivity contribution < 1.29 is 9.90 Å². The largest absolute Gasteiger partial charge is 0.395 e. The summed E-state index contributed by atoms with van der Waals surface area (Å²) in [5.74, 6) is -0.135. The number of unbranched alkanes of at least 4 members (excludes halogenated alkanes) is 1. The van der Waals surface area contributed by atoms with Crippen LogP contribution in [0.1, 0.15) is 30.1 Å². The highest BCUT2D eigenvalue weighted by molar-refractivity contribution is 9.10. The van der Waals surface area contributed by atoms with Crippen LogP contribution in [0.4, 0.5) is 0 Å². The number of halogens is 2. The molecule has 5 heteroatoms. The van der Waals surface area contributed by atoms with Gasteiger partial charge in [0.05, 0.1) is 17.2 Å². The van der Waals surface area contributed by atoms with Crippen LogP contribution in [0.25, 0.3) is 0 Å². The van der Waals surface area contributed by atoms with Gasteiger partial charge in [-0.1, -0.05) is 31.0 Å². The summed E-state index contributed by atoms with van der Waals surface area (Å²) in [5.41, 5.74) is 0.468. The van der Waals surface area contributed by atoms with Gasteiger partial charge in [0.15, 0.2) is 0 Å². The molecule has 0 radical (unpaired) electrons. The molecule has 0 fully saturated rings. The first-order valence-electron chi connectivity index (χ1n) is 5.96. The second-order valence-corrected chi connectivity index (χ2v) is 5.20. The van der Waals surface area contributed by atoms with E-state index < -0.39 is 0 Å². The highest BCUT2D eigenvalue weighted by Gasteiger charge is 2.18. The summed E-state index contributed by atoms with van der Waals surface area (Å²) in [4.78, 5) is 14.0. The van der Waals surface area contributed by atoms with E-state index in [1.807, 2.05) is 0 Å². The molecule has 1 amide bonds. The van der Waals surface area contributed by atoms with Gasteiger partial charge >= 0.3 is 0 Å². The number of hydrogen-bond acceptors (Lipinski definition) is 2. The summed E-state index contributed by atoms with van der Waals surface area (Å²) < 4.78 is 0.703. The normalized spacial score (nSPS) is 10.4. The predicted molar refractivity (Wildman–Crippen MR) is 77.0 cm³/mol. The highest BCUT2D eigenvalue weighted by atomic mass is 79.9. The molecule has 1 rings (SSSR count). The molecule has 0 saturated heterocycles. The zero-order chi connectivity index (χ0) is 13.5. The molecule has 1 N–H and O–H groups in total. The molecule has 3 nitrogen and oxygen atoms in total. The monoisotopic (exact) mass is 333 g/mol. The van der Waals surface area contributed by atoms with E-state index >= 15 is 0 Å². The molecule has 0 aliphatic heterocycles. The Hall–Kier alpha value is -0.580. The number of benzene rings is 1. The molecule has 0 aliphatic rings. The summed E-state index contributed by atoms with van der Waals surface area (Å²) >= 11 is 9.41. The standard InChI is InChI=1S/C13H17BrClNO2/c1-2-3-7-16(8-9-17)13(18)10-5-4-6-11(14)12(10)15/h4-6,17H,2-3,7-9H2,1H3. The summed E-state index contributed by atoms with van der Waals surface area (Å²) in [5, 5.41) is 9.44. The molecule has 0 aliphatic carbocycles. The van der Waals surface area contributed by atoms with Gasteiger partial charge in [0.25, 0.3) is 5.91 Å². The van der Waals surface area contributed by atoms with Crippen LogP contribution in [-0.4, -0.2) is 35.6 Å². The summed E-state index contributed by atoms with van der Waals surface area (Å²) in [6.45, 7) is 3.00. The third-order valence-corrected chi connectivity index (χ3v) is 3.92. The van der Waals surface area contributed by atoms with Crippen LogP contribution in [-0.2, 0) is 0 Å². The van der Waals surface area contributed by atoms with Crippen molar-refractivity contribution in [2.45, 2.75) is 19.8 Å². The van der Waals surface area contributed by atoms with Crippen LogP contribution in [0.5, 0.6) is 0 Å². The molecule has 100 valence electrons. The molecule has 0 saturated carbocycles. The van der Waals surface area contributed by atoms with Crippen LogP contribution in [0.15, 0.2) is 22.7 Å². The molecule has 0 aromatic heterocycles. The summed E-state index contributed by atoms with van der Waals surface area (Å²) in [6, 6.07) is 5.27. The number of aliphatic hydroxyl groups is 1. The van der Waals surface area contributed by atoms with Crippen molar-refractivity contribution in [1.82, 2.24) is 4.90 Å². The molecule has 1 aromatic rings. The first-order valence-corrected chi connectivity index (χ1v) is 7.13. The first-order chi connectivity index (χ1) is 8.61. The van der Waals surface area contributed by atoms with E-state index in [9.17, 15) is 4.79 Å². The predicted octanol–water partition coefficient (Wildman–Crippen LogP) is 3.34. The van der Waals surface area contributed by atoms with Crippen molar-refractivity contribution in [2.75, 3.05) is 19.7 Å². The molecular weight excluding hydrogens is 318 g/mol. The van der Waals surface area contributed by atoms with Crippen molar-refractivity contribution in [3.8, 4) is 0 Å². The Morgan fingerprint density at radius 1 is 1.44 bits per heavy atom. The number of hydrogen-bond donors (Lipinski definition) is 1. The van der Waals surface area contributed by atoms with E-state index in [-0.39, 0.29) is 12.5 Å². The van der Waals surface area contributed by atoms with Gasteiger partial charge < -0.3 is 10.0 Å². The lowest BCUT2D eigenvalue weighted by Gasteiger charge is -2.22. The lowest BCUT2D eigenvalue weighted by molar-refractivity contribution is 0.0719. The number of nitrogens with zero attached hydrogens (tertiary/aromatic N) is 1. The minimum absolute atomic E-state index is 0.0406. The Morgan fingerprint density at radius 3 is 2.78 bits per heavy atom. The van der Waals surface area contributed by atoms with Crippen LogP contribution in [0.2, 0.25) is 5.02 Å². The number of aliphatic hydroxyl groups excluding tert-OH is 1. The van der Waals surface area contributed by atoms with E-state index in [1.54, 1.807) is 23.1 Å². The average molecular weight is 335 g/mol. The molecule has 0 spiro atoms. The Balaban J connectivity index is 2.90. The molecule has 0 atom stereocenters. The first kappa shape index (κ1) is 15.5. The molecule has 0 unspecified atom stereocenters. The number of amides is 1. The smallest absolute Gasteiger partial charge is 0.255 e. The van der Waals surface area contributed by atoms with Gasteiger partial charge in [0.2, 0.25) is 0 Å². The topological polar surface area (TPSA) is 40.5 Å². The maximum atomic E-state index is 12.3. The maximum Gasteiger partial charge on any atom is 0.255 e. The van der Waals surface area contributed by atoms with Gasteiger partial charge in [-0.2, -0.15) is 0 Å². The molecule has 1 aromatic carbocycles. The quantitative estimate of drug-likeness (QED) is 0.867.